The third-order valence-electron chi connectivity index (χ3n) is 5.36. The molecule has 1 aliphatic rings. The van der Waals surface area contributed by atoms with E-state index in [1.165, 1.54) is 0 Å². The lowest BCUT2D eigenvalue weighted by Crippen LogP contribution is -2.45. The normalized spacial score (nSPS) is 16.5. The lowest BCUT2D eigenvalue weighted by molar-refractivity contribution is 0.416. The minimum Gasteiger partial charge on any atom is -0.496 e. The predicted molar refractivity (Wildman–Crippen MR) is 120 cm³/mol. The molecule has 1 aliphatic heterocycles. The molecule has 2 aromatic carbocycles. The summed E-state index contributed by atoms with van der Waals surface area (Å²) in [4.78, 5) is 2.25. The number of aromatic nitrogens is 2. The minimum atomic E-state index is -0.231. The van der Waals surface area contributed by atoms with Crippen LogP contribution in [0.2, 0.25) is 0 Å². The molecule has 1 saturated heterocycles. The topological polar surface area (TPSA) is 50.3 Å². The molecule has 0 bridgehead atoms. The summed E-state index contributed by atoms with van der Waals surface area (Å²) in [5.41, 5.74) is 2.66. The van der Waals surface area contributed by atoms with Crippen LogP contribution in [0.3, 0.4) is 0 Å². The lowest BCUT2D eigenvalue weighted by Gasteiger charge is -2.34. The number of para-hydroxylation sites is 1. The second-order valence-corrected chi connectivity index (χ2v) is 8.25. The molecule has 30 heavy (non-hydrogen) atoms. The van der Waals surface area contributed by atoms with Gasteiger partial charge >= 0.3 is 0 Å². The average Bonchev–Trinajstić information content (AvgIpc) is 2.80. The van der Waals surface area contributed by atoms with Crippen LogP contribution in [0.4, 0.5) is 10.2 Å². The largest absolute Gasteiger partial charge is 0.496 e. The van der Waals surface area contributed by atoms with Gasteiger partial charge < -0.3 is 15.0 Å². The summed E-state index contributed by atoms with van der Waals surface area (Å²) < 4.78 is 19.6. The molecule has 1 atom stereocenters. The average molecular weight is 471 g/mol. The highest BCUT2D eigenvalue weighted by atomic mass is 79.9. The number of ether oxygens (including phenoxy) is 1. The van der Waals surface area contributed by atoms with Crippen molar-refractivity contribution in [2.24, 2.45) is 0 Å². The van der Waals surface area contributed by atoms with Crippen LogP contribution >= 0.6 is 15.9 Å². The van der Waals surface area contributed by atoms with Gasteiger partial charge in [-0.05, 0) is 70.7 Å². The fourth-order valence-corrected chi connectivity index (χ4v) is 4.00. The first kappa shape index (κ1) is 20.8. The SMILES string of the molecule is COc1ccccc1-c1ccc(N2CCCC(NCc3ccc(Br)c(F)c3)C2)nn1. The fraction of sp³-hybridized carbons (Fsp3) is 0.304. The number of hydrogen-bond donors (Lipinski definition) is 1. The highest BCUT2D eigenvalue weighted by Gasteiger charge is 2.21. The van der Waals surface area contributed by atoms with Gasteiger partial charge in [-0.25, -0.2) is 4.39 Å². The van der Waals surface area contributed by atoms with Gasteiger partial charge in [0.2, 0.25) is 0 Å². The van der Waals surface area contributed by atoms with E-state index in [-0.39, 0.29) is 5.82 Å². The van der Waals surface area contributed by atoms with Crippen molar-refractivity contribution in [1.82, 2.24) is 15.5 Å². The van der Waals surface area contributed by atoms with Crippen molar-refractivity contribution in [1.29, 1.82) is 0 Å². The lowest BCUT2D eigenvalue weighted by atomic mass is 10.0. The van der Waals surface area contributed by atoms with Crippen molar-refractivity contribution in [3.63, 3.8) is 0 Å². The molecule has 0 spiro atoms. The maximum atomic E-state index is 13.7. The Kier molecular flexibility index (Phi) is 6.59. The van der Waals surface area contributed by atoms with Crippen LogP contribution in [0.5, 0.6) is 5.75 Å². The van der Waals surface area contributed by atoms with Crippen molar-refractivity contribution < 1.29 is 9.13 Å². The van der Waals surface area contributed by atoms with Crippen LogP contribution in [-0.4, -0.2) is 36.4 Å². The minimum absolute atomic E-state index is 0.231. The van der Waals surface area contributed by atoms with E-state index in [4.69, 9.17) is 4.74 Å². The predicted octanol–water partition coefficient (Wildman–Crippen LogP) is 4.81. The Balaban J connectivity index is 1.40. The molecule has 0 saturated carbocycles. The van der Waals surface area contributed by atoms with Gasteiger partial charge in [0.15, 0.2) is 5.82 Å². The standard InChI is InChI=1S/C23H24BrFN4O/c1-30-22-7-3-2-6-18(22)21-10-11-23(28-27-21)29-12-4-5-17(15-29)26-14-16-8-9-19(24)20(25)13-16/h2-3,6-11,13,17,26H,4-5,12,14-15H2,1H3. The first-order valence-electron chi connectivity index (χ1n) is 10.0. The van der Waals surface area contributed by atoms with Crippen LogP contribution in [-0.2, 0) is 6.54 Å². The second kappa shape index (κ2) is 9.53. The Morgan fingerprint density at radius 1 is 1.17 bits per heavy atom. The summed E-state index contributed by atoms with van der Waals surface area (Å²) >= 11 is 3.20. The van der Waals surface area contributed by atoms with E-state index >= 15 is 0 Å². The third-order valence-corrected chi connectivity index (χ3v) is 6.00. The molecular formula is C23H24BrFN4O. The van der Waals surface area contributed by atoms with Gasteiger partial charge in [0.1, 0.15) is 11.6 Å². The second-order valence-electron chi connectivity index (χ2n) is 7.39. The number of benzene rings is 2. The van der Waals surface area contributed by atoms with Crippen molar-refractivity contribution in [3.8, 4) is 17.0 Å². The summed E-state index contributed by atoms with van der Waals surface area (Å²) in [7, 11) is 1.66. The van der Waals surface area contributed by atoms with Gasteiger partial charge in [0.05, 0.1) is 17.3 Å². The monoisotopic (exact) mass is 470 g/mol. The van der Waals surface area contributed by atoms with E-state index in [0.29, 0.717) is 17.1 Å². The van der Waals surface area contributed by atoms with E-state index in [1.54, 1.807) is 19.2 Å². The molecule has 2 heterocycles. The van der Waals surface area contributed by atoms with Gasteiger partial charge in [0, 0.05) is 31.2 Å². The van der Waals surface area contributed by atoms with Gasteiger partial charge in [-0.15, -0.1) is 10.2 Å². The number of nitrogens with one attached hydrogen (secondary N) is 1. The molecule has 4 rings (SSSR count). The van der Waals surface area contributed by atoms with Crippen molar-refractivity contribution in [2.75, 3.05) is 25.1 Å². The summed E-state index contributed by atoms with van der Waals surface area (Å²) in [5.74, 6) is 1.42. The van der Waals surface area contributed by atoms with Crippen LogP contribution in [0.15, 0.2) is 59.1 Å². The molecule has 1 unspecified atom stereocenters. The Hall–Kier alpha value is -2.51. The number of hydrogen-bond acceptors (Lipinski definition) is 5. The summed E-state index contributed by atoms with van der Waals surface area (Å²) in [5, 5.41) is 12.4. The molecule has 156 valence electrons. The number of halogens is 2. The number of anilines is 1. The van der Waals surface area contributed by atoms with Gasteiger partial charge in [-0.1, -0.05) is 18.2 Å². The third kappa shape index (κ3) is 4.79. The summed E-state index contributed by atoms with van der Waals surface area (Å²) in [6.45, 7) is 2.44. The van der Waals surface area contributed by atoms with Gasteiger partial charge in [-0.2, -0.15) is 0 Å². The van der Waals surface area contributed by atoms with Crippen molar-refractivity contribution in [2.45, 2.75) is 25.4 Å². The van der Waals surface area contributed by atoms with Crippen LogP contribution in [0, 0.1) is 5.82 Å². The van der Waals surface area contributed by atoms with Crippen molar-refractivity contribution >= 4 is 21.7 Å². The van der Waals surface area contributed by atoms with Gasteiger partial charge in [0.25, 0.3) is 0 Å². The summed E-state index contributed by atoms with van der Waals surface area (Å²) in [6, 6.07) is 17.4. The zero-order valence-corrected chi connectivity index (χ0v) is 18.4. The molecular weight excluding hydrogens is 447 g/mol. The zero-order chi connectivity index (χ0) is 20.9. The number of nitrogens with zero attached hydrogens (tertiary/aromatic N) is 3. The van der Waals surface area contributed by atoms with E-state index in [9.17, 15) is 4.39 Å². The Morgan fingerprint density at radius 3 is 2.80 bits per heavy atom. The molecule has 5 nitrogen and oxygen atoms in total. The summed E-state index contributed by atoms with van der Waals surface area (Å²) in [6.07, 6.45) is 2.16. The molecule has 7 heteroatoms. The molecule has 1 fully saturated rings. The van der Waals surface area contributed by atoms with E-state index < -0.39 is 0 Å². The highest BCUT2D eigenvalue weighted by molar-refractivity contribution is 9.10. The molecule has 3 aromatic rings. The number of rotatable bonds is 6. The number of methoxy groups -OCH3 is 1. The van der Waals surface area contributed by atoms with Crippen LogP contribution in [0.1, 0.15) is 18.4 Å². The number of piperidine rings is 1. The fourth-order valence-electron chi connectivity index (χ4n) is 3.76. The maximum Gasteiger partial charge on any atom is 0.151 e. The van der Waals surface area contributed by atoms with E-state index in [2.05, 4.69) is 36.3 Å². The van der Waals surface area contributed by atoms with Crippen LogP contribution < -0.4 is 15.0 Å². The Labute approximate surface area is 184 Å². The van der Waals surface area contributed by atoms with E-state index in [1.807, 2.05) is 42.5 Å². The van der Waals surface area contributed by atoms with Gasteiger partial charge in [-0.3, -0.25) is 0 Å². The molecule has 0 aliphatic carbocycles. The van der Waals surface area contributed by atoms with Crippen LogP contribution in [0.25, 0.3) is 11.3 Å². The first-order valence-corrected chi connectivity index (χ1v) is 10.8. The quantitative estimate of drug-likeness (QED) is 0.559. The zero-order valence-electron chi connectivity index (χ0n) is 16.8. The first-order chi connectivity index (χ1) is 14.6. The Morgan fingerprint density at radius 2 is 2.03 bits per heavy atom. The van der Waals surface area contributed by atoms with E-state index in [0.717, 1.165) is 54.3 Å². The maximum absolute atomic E-state index is 13.7. The van der Waals surface area contributed by atoms with Crippen molar-refractivity contribution in [3.05, 3.63) is 70.5 Å². The molecule has 1 N–H and O–H groups in total. The highest BCUT2D eigenvalue weighted by Crippen LogP contribution is 2.28. The molecule has 0 radical (unpaired) electrons. The Bertz CT molecular complexity index is 999. The molecule has 0 amide bonds. The molecule has 1 aromatic heterocycles. The smallest absolute Gasteiger partial charge is 0.151 e.